The molecule has 0 heterocycles. The Morgan fingerprint density at radius 1 is 1.06 bits per heavy atom. The van der Waals surface area contributed by atoms with Gasteiger partial charge in [0.25, 0.3) is 0 Å². The fourth-order valence-electron chi connectivity index (χ4n) is 1.03. The van der Waals surface area contributed by atoms with Crippen LogP contribution >= 0.6 is 0 Å². The van der Waals surface area contributed by atoms with Crippen LogP contribution in [0.4, 0.5) is 0 Å². The van der Waals surface area contributed by atoms with Gasteiger partial charge >= 0.3 is 5.97 Å². The molecule has 86 valence electrons. The van der Waals surface area contributed by atoms with Crippen LogP contribution in [0, 0.1) is 0 Å². The molecular formula is C12H14O4. The summed E-state index contributed by atoms with van der Waals surface area (Å²) in [5.41, 5.74) is 0.335. The molecule has 0 spiro atoms. The van der Waals surface area contributed by atoms with E-state index < -0.39 is 5.97 Å². The fourth-order valence-corrected chi connectivity index (χ4v) is 1.03. The molecule has 0 aliphatic carbocycles. The van der Waals surface area contributed by atoms with E-state index in [1.54, 1.807) is 25.1 Å². The lowest BCUT2D eigenvalue weighted by Gasteiger charge is -2.08. The molecule has 0 amide bonds. The van der Waals surface area contributed by atoms with E-state index in [4.69, 9.17) is 14.2 Å². The van der Waals surface area contributed by atoms with Gasteiger partial charge in [0.15, 0.2) is 0 Å². The molecule has 1 aromatic rings. The van der Waals surface area contributed by atoms with Crippen molar-refractivity contribution < 1.29 is 19.0 Å². The second-order valence-corrected chi connectivity index (χ2v) is 3.22. The van der Waals surface area contributed by atoms with Gasteiger partial charge < -0.3 is 14.2 Å². The second-order valence-electron chi connectivity index (χ2n) is 3.22. The highest BCUT2D eigenvalue weighted by Crippen LogP contribution is 2.27. The summed E-state index contributed by atoms with van der Waals surface area (Å²) < 4.78 is 15.2. The van der Waals surface area contributed by atoms with Crippen LogP contribution in [0.15, 0.2) is 30.4 Å². The van der Waals surface area contributed by atoms with Gasteiger partial charge in [0.05, 0.1) is 14.2 Å². The van der Waals surface area contributed by atoms with Crippen LogP contribution in [0.3, 0.4) is 0 Å². The maximum atomic E-state index is 11.3. The number of benzene rings is 1. The molecule has 0 radical (unpaired) electrons. The van der Waals surface area contributed by atoms with Crippen molar-refractivity contribution in [3.8, 4) is 17.2 Å². The van der Waals surface area contributed by atoms with E-state index in [0.717, 1.165) is 0 Å². The van der Waals surface area contributed by atoms with Crippen molar-refractivity contribution in [2.24, 2.45) is 0 Å². The highest BCUT2D eigenvalue weighted by atomic mass is 16.5. The van der Waals surface area contributed by atoms with Crippen molar-refractivity contribution >= 4 is 5.97 Å². The van der Waals surface area contributed by atoms with E-state index >= 15 is 0 Å². The van der Waals surface area contributed by atoms with E-state index in [0.29, 0.717) is 22.8 Å². The predicted octanol–water partition coefficient (Wildman–Crippen LogP) is 2.19. The Morgan fingerprint density at radius 3 is 1.88 bits per heavy atom. The maximum Gasteiger partial charge on any atom is 0.338 e. The van der Waals surface area contributed by atoms with Crippen molar-refractivity contribution in [3.63, 3.8) is 0 Å². The standard InChI is InChI=1S/C12H14O4/c1-8(2)12(13)16-11-6-9(14-3)5-10(7-11)15-4/h5-7H,1H2,2-4H3. The maximum absolute atomic E-state index is 11.3. The van der Waals surface area contributed by atoms with Gasteiger partial charge in [-0.05, 0) is 6.92 Å². The Morgan fingerprint density at radius 2 is 1.50 bits per heavy atom. The Hall–Kier alpha value is -1.97. The number of hydrogen-bond donors (Lipinski definition) is 0. The quantitative estimate of drug-likeness (QED) is 0.445. The predicted molar refractivity (Wildman–Crippen MR) is 60.0 cm³/mol. The van der Waals surface area contributed by atoms with E-state index in [-0.39, 0.29) is 0 Å². The first-order valence-electron chi connectivity index (χ1n) is 4.67. The largest absolute Gasteiger partial charge is 0.496 e. The third kappa shape index (κ3) is 3.02. The highest BCUT2D eigenvalue weighted by Gasteiger charge is 2.08. The summed E-state index contributed by atoms with van der Waals surface area (Å²) in [5, 5.41) is 0. The van der Waals surface area contributed by atoms with E-state index in [9.17, 15) is 4.79 Å². The minimum absolute atomic E-state index is 0.335. The molecule has 1 aromatic carbocycles. The highest BCUT2D eigenvalue weighted by molar-refractivity contribution is 5.88. The molecule has 1 rings (SSSR count). The van der Waals surface area contributed by atoms with Crippen LogP contribution in [-0.2, 0) is 4.79 Å². The van der Waals surface area contributed by atoms with Crippen LogP contribution in [0.5, 0.6) is 17.2 Å². The summed E-state index contributed by atoms with van der Waals surface area (Å²) >= 11 is 0. The van der Waals surface area contributed by atoms with Crippen LogP contribution in [0.25, 0.3) is 0 Å². The number of ether oxygens (including phenoxy) is 3. The van der Waals surface area contributed by atoms with Crippen LogP contribution in [0.1, 0.15) is 6.92 Å². The summed E-state index contributed by atoms with van der Waals surface area (Å²) in [4.78, 5) is 11.3. The molecule has 0 aliphatic rings. The first-order valence-corrected chi connectivity index (χ1v) is 4.67. The number of esters is 1. The summed E-state index contributed by atoms with van der Waals surface area (Å²) in [6.07, 6.45) is 0. The summed E-state index contributed by atoms with van der Waals surface area (Å²) in [6, 6.07) is 4.89. The number of hydrogen-bond acceptors (Lipinski definition) is 4. The Bertz CT molecular complexity index is 387. The lowest BCUT2D eigenvalue weighted by Crippen LogP contribution is -2.08. The normalized spacial score (nSPS) is 9.44. The zero-order chi connectivity index (χ0) is 12.1. The van der Waals surface area contributed by atoms with Crippen molar-refractivity contribution in [1.29, 1.82) is 0 Å². The van der Waals surface area contributed by atoms with Gasteiger partial charge in [-0.25, -0.2) is 4.79 Å². The SMILES string of the molecule is C=C(C)C(=O)Oc1cc(OC)cc(OC)c1. The topological polar surface area (TPSA) is 44.8 Å². The zero-order valence-corrected chi connectivity index (χ0v) is 9.57. The number of methoxy groups -OCH3 is 2. The minimum Gasteiger partial charge on any atom is -0.496 e. The third-order valence-electron chi connectivity index (χ3n) is 1.88. The van der Waals surface area contributed by atoms with Crippen molar-refractivity contribution in [3.05, 3.63) is 30.4 Å². The first-order chi connectivity index (χ1) is 7.56. The Kier molecular flexibility index (Phi) is 3.94. The molecule has 0 N–H and O–H groups in total. The smallest absolute Gasteiger partial charge is 0.338 e. The van der Waals surface area contributed by atoms with Gasteiger partial charge in [0.1, 0.15) is 17.2 Å². The Labute approximate surface area is 94.4 Å². The number of rotatable bonds is 4. The lowest BCUT2D eigenvalue weighted by atomic mass is 10.3. The summed E-state index contributed by atoms with van der Waals surface area (Å²) in [7, 11) is 3.05. The number of carbonyl (C=O) groups is 1. The zero-order valence-electron chi connectivity index (χ0n) is 9.57. The molecule has 16 heavy (non-hydrogen) atoms. The van der Waals surface area contributed by atoms with Crippen molar-refractivity contribution in [1.82, 2.24) is 0 Å². The Balaban J connectivity index is 2.95. The first kappa shape index (κ1) is 12.1. The lowest BCUT2D eigenvalue weighted by molar-refractivity contribution is -0.130. The van der Waals surface area contributed by atoms with Gasteiger partial charge in [-0.3, -0.25) is 0 Å². The van der Waals surface area contributed by atoms with Gasteiger partial charge in [-0.15, -0.1) is 0 Å². The molecule has 0 atom stereocenters. The summed E-state index contributed by atoms with van der Waals surface area (Å²) in [5.74, 6) is 1.01. The van der Waals surface area contributed by atoms with E-state index in [2.05, 4.69) is 6.58 Å². The van der Waals surface area contributed by atoms with Crippen molar-refractivity contribution in [2.75, 3.05) is 14.2 Å². The molecule has 4 nitrogen and oxygen atoms in total. The molecule has 0 aliphatic heterocycles. The fraction of sp³-hybridized carbons (Fsp3) is 0.250. The summed E-state index contributed by atoms with van der Waals surface area (Å²) in [6.45, 7) is 5.08. The number of carbonyl (C=O) groups excluding carboxylic acids is 1. The van der Waals surface area contributed by atoms with Gasteiger partial charge in [0, 0.05) is 23.8 Å². The average Bonchev–Trinajstić information content (AvgIpc) is 2.28. The molecule has 0 aromatic heterocycles. The minimum atomic E-state index is -0.477. The molecular weight excluding hydrogens is 208 g/mol. The molecule has 0 saturated carbocycles. The van der Waals surface area contributed by atoms with Gasteiger partial charge in [0.2, 0.25) is 0 Å². The van der Waals surface area contributed by atoms with Crippen LogP contribution in [0.2, 0.25) is 0 Å². The van der Waals surface area contributed by atoms with Crippen molar-refractivity contribution in [2.45, 2.75) is 6.92 Å². The van der Waals surface area contributed by atoms with Crippen LogP contribution < -0.4 is 14.2 Å². The van der Waals surface area contributed by atoms with Gasteiger partial charge in [-0.2, -0.15) is 0 Å². The molecule has 0 saturated heterocycles. The molecule has 0 bridgehead atoms. The van der Waals surface area contributed by atoms with Gasteiger partial charge in [-0.1, -0.05) is 6.58 Å². The van der Waals surface area contributed by atoms with E-state index in [1.807, 2.05) is 0 Å². The molecule has 4 heteroatoms. The van der Waals surface area contributed by atoms with Crippen LogP contribution in [-0.4, -0.2) is 20.2 Å². The van der Waals surface area contributed by atoms with E-state index in [1.165, 1.54) is 14.2 Å². The average molecular weight is 222 g/mol. The molecule has 0 unspecified atom stereocenters. The molecule has 0 fully saturated rings. The second kappa shape index (κ2) is 5.21. The monoisotopic (exact) mass is 222 g/mol. The third-order valence-corrected chi connectivity index (χ3v) is 1.88.